The number of β-amino-alcohol motifs (C(OH)–C–C–N with tert-alkyl or cyclic N) is 1. The molecule has 0 spiro atoms. The molecule has 20 heavy (non-hydrogen) atoms. The summed E-state index contributed by atoms with van der Waals surface area (Å²) in [5.74, 6) is 0.814. The maximum atomic E-state index is 10.3. The van der Waals surface area contributed by atoms with Gasteiger partial charge in [-0.3, -0.25) is 4.90 Å². The quantitative estimate of drug-likeness (QED) is 0.926. The third kappa shape index (κ3) is 2.69. The lowest BCUT2D eigenvalue weighted by Crippen LogP contribution is -2.23. The highest BCUT2D eigenvalue weighted by molar-refractivity contribution is 5.31. The molecule has 1 N–H and O–H groups in total. The lowest BCUT2D eigenvalue weighted by Gasteiger charge is -2.19. The van der Waals surface area contributed by atoms with Crippen LogP contribution in [0.5, 0.6) is 5.75 Å². The summed E-state index contributed by atoms with van der Waals surface area (Å²) < 4.78 is 5.13. The van der Waals surface area contributed by atoms with Crippen molar-refractivity contribution in [2.45, 2.75) is 19.2 Å². The van der Waals surface area contributed by atoms with Gasteiger partial charge in [0.25, 0.3) is 0 Å². The van der Waals surface area contributed by atoms with Gasteiger partial charge < -0.3 is 9.84 Å². The standard InChI is InChI=1S/C17H19NO2/c1-20-16-8-6-13(7-9-16)17(19)12-18-10-14-4-2-3-5-15(14)11-18/h2-9,17,19H,10-12H2,1H3. The molecular formula is C17H19NO2. The molecule has 0 aliphatic carbocycles. The van der Waals surface area contributed by atoms with Crippen LogP contribution >= 0.6 is 0 Å². The number of nitrogens with zero attached hydrogens (tertiary/aromatic N) is 1. The van der Waals surface area contributed by atoms with Crippen molar-refractivity contribution in [1.29, 1.82) is 0 Å². The van der Waals surface area contributed by atoms with Crippen molar-refractivity contribution in [2.75, 3.05) is 13.7 Å². The van der Waals surface area contributed by atoms with Gasteiger partial charge in [0.1, 0.15) is 5.75 Å². The Morgan fingerprint density at radius 1 is 1.05 bits per heavy atom. The van der Waals surface area contributed by atoms with E-state index < -0.39 is 6.10 Å². The van der Waals surface area contributed by atoms with Crippen LogP contribution in [0.25, 0.3) is 0 Å². The van der Waals surface area contributed by atoms with Crippen LogP contribution in [0.3, 0.4) is 0 Å². The second kappa shape index (κ2) is 5.65. The summed E-state index contributed by atoms with van der Waals surface area (Å²) in [5, 5.41) is 10.3. The Labute approximate surface area is 119 Å². The number of benzene rings is 2. The number of aliphatic hydroxyl groups excluding tert-OH is 1. The third-order valence-electron chi connectivity index (χ3n) is 3.84. The fourth-order valence-corrected chi connectivity index (χ4v) is 2.71. The summed E-state index contributed by atoms with van der Waals surface area (Å²) in [5.41, 5.74) is 3.67. The van der Waals surface area contributed by atoms with E-state index in [0.29, 0.717) is 6.54 Å². The molecular weight excluding hydrogens is 250 g/mol. The molecule has 3 rings (SSSR count). The van der Waals surface area contributed by atoms with Crippen LogP contribution in [0.15, 0.2) is 48.5 Å². The van der Waals surface area contributed by atoms with Crippen LogP contribution in [-0.4, -0.2) is 23.7 Å². The smallest absolute Gasteiger partial charge is 0.118 e. The van der Waals surface area contributed by atoms with Crippen molar-refractivity contribution in [3.63, 3.8) is 0 Å². The molecule has 0 amide bonds. The maximum Gasteiger partial charge on any atom is 0.118 e. The van der Waals surface area contributed by atoms with Gasteiger partial charge >= 0.3 is 0 Å². The second-order valence-corrected chi connectivity index (χ2v) is 5.23. The maximum absolute atomic E-state index is 10.3. The number of hydrogen-bond donors (Lipinski definition) is 1. The second-order valence-electron chi connectivity index (χ2n) is 5.23. The minimum Gasteiger partial charge on any atom is -0.497 e. The Morgan fingerprint density at radius 3 is 2.20 bits per heavy atom. The lowest BCUT2D eigenvalue weighted by molar-refractivity contribution is 0.112. The van der Waals surface area contributed by atoms with Gasteiger partial charge in [-0.15, -0.1) is 0 Å². The van der Waals surface area contributed by atoms with Gasteiger partial charge in [0.05, 0.1) is 13.2 Å². The summed E-state index contributed by atoms with van der Waals surface area (Å²) in [4.78, 5) is 2.28. The van der Waals surface area contributed by atoms with Crippen LogP contribution in [0.1, 0.15) is 22.8 Å². The molecule has 0 fully saturated rings. The third-order valence-corrected chi connectivity index (χ3v) is 3.84. The highest BCUT2D eigenvalue weighted by Crippen LogP contribution is 2.25. The van der Waals surface area contributed by atoms with Crippen LogP contribution in [0, 0.1) is 0 Å². The van der Waals surface area contributed by atoms with E-state index in [9.17, 15) is 5.11 Å². The van der Waals surface area contributed by atoms with E-state index in [4.69, 9.17) is 4.74 Å². The Bertz CT molecular complexity index is 555. The molecule has 0 saturated heterocycles. The normalized spacial score (nSPS) is 15.9. The first kappa shape index (κ1) is 13.2. The van der Waals surface area contributed by atoms with E-state index in [1.807, 2.05) is 24.3 Å². The zero-order chi connectivity index (χ0) is 13.9. The van der Waals surface area contributed by atoms with Crippen LogP contribution in [0.4, 0.5) is 0 Å². The summed E-state index contributed by atoms with van der Waals surface area (Å²) in [7, 11) is 1.65. The minimum atomic E-state index is -0.463. The monoisotopic (exact) mass is 269 g/mol. The zero-order valence-corrected chi connectivity index (χ0v) is 11.6. The molecule has 3 heteroatoms. The number of methoxy groups -OCH3 is 1. The molecule has 3 nitrogen and oxygen atoms in total. The van der Waals surface area contributed by atoms with E-state index in [1.54, 1.807) is 7.11 Å². The highest BCUT2D eigenvalue weighted by atomic mass is 16.5. The number of hydrogen-bond acceptors (Lipinski definition) is 3. The van der Waals surface area contributed by atoms with Crippen molar-refractivity contribution in [2.24, 2.45) is 0 Å². The molecule has 104 valence electrons. The number of fused-ring (bicyclic) bond motifs is 1. The van der Waals surface area contributed by atoms with Crippen molar-refractivity contribution in [3.05, 3.63) is 65.2 Å². The first-order chi connectivity index (χ1) is 9.76. The first-order valence-electron chi connectivity index (χ1n) is 6.87. The molecule has 2 aromatic carbocycles. The molecule has 1 unspecified atom stereocenters. The molecule has 1 atom stereocenters. The topological polar surface area (TPSA) is 32.7 Å². The summed E-state index contributed by atoms with van der Waals surface area (Å²) >= 11 is 0. The van der Waals surface area contributed by atoms with E-state index in [2.05, 4.69) is 29.2 Å². The Morgan fingerprint density at radius 2 is 1.65 bits per heavy atom. The van der Waals surface area contributed by atoms with E-state index >= 15 is 0 Å². The van der Waals surface area contributed by atoms with Gasteiger partial charge in [0.2, 0.25) is 0 Å². The predicted molar refractivity (Wildman–Crippen MR) is 78.5 cm³/mol. The molecule has 1 aliphatic rings. The fourth-order valence-electron chi connectivity index (χ4n) is 2.71. The molecule has 0 bridgehead atoms. The van der Waals surface area contributed by atoms with Crippen molar-refractivity contribution >= 4 is 0 Å². The van der Waals surface area contributed by atoms with Gasteiger partial charge in [-0.2, -0.15) is 0 Å². The van der Waals surface area contributed by atoms with Crippen molar-refractivity contribution < 1.29 is 9.84 Å². The summed E-state index contributed by atoms with van der Waals surface area (Å²) in [6, 6.07) is 16.1. The predicted octanol–water partition coefficient (Wildman–Crippen LogP) is 2.74. The van der Waals surface area contributed by atoms with Gasteiger partial charge in [-0.05, 0) is 28.8 Å². The van der Waals surface area contributed by atoms with E-state index in [-0.39, 0.29) is 0 Å². The first-order valence-corrected chi connectivity index (χ1v) is 6.87. The van der Waals surface area contributed by atoms with Crippen molar-refractivity contribution in [1.82, 2.24) is 4.90 Å². The van der Waals surface area contributed by atoms with Crippen LogP contribution in [0.2, 0.25) is 0 Å². The SMILES string of the molecule is COc1ccc(C(O)CN2Cc3ccccc3C2)cc1. The minimum absolute atomic E-state index is 0.463. The fraction of sp³-hybridized carbons (Fsp3) is 0.294. The summed E-state index contributed by atoms with van der Waals surface area (Å²) in [6.07, 6.45) is -0.463. The van der Waals surface area contributed by atoms with Gasteiger partial charge in [-0.25, -0.2) is 0 Å². The van der Waals surface area contributed by atoms with Gasteiger partial charge in [-0.1, -0.05) is 36.4 Å². The summed E-state index contributed by atoms with van der Waals surface area (Å²) in [6.45, 7) is 2.49. The van der Waals surface area contributed by atoms with Crippen LogP contribution in [-0.2, 0) is 13.1 Å². The molecule has 1 heterocycles. The Hall–Kier alpha value is -1.84. The molecule has 1 aliphatic heterocycles. The average Bonchev–Trinajstić information content (AvgIpc) is 2.89. The molecule has 2 aromatic rings. The highest BCUT2D eigenvalue weighted by Gasteiger charge is 2.21. The molecule has 0 saturated carbocycles. The lowest BCUT2D eigenvalue weighted by atomic mass is 10.1. The Balaban J connectivity index is 1.64. The van der Waals surface area contributed by atoms with E-state index in [0.717, 1.165) is 24.4 Å². The Kier molecular flexibility index (Phi) is 3.72. The largest absolute Gasteiger partial charge is 0.497 e. The van der Waals surface area contributed by atoms with Crippen LogP contribution < -0.4 is 4.74 Å². The van der Waals surface area contributed by atoms with Gasteiger partial charge in [0, 0.05) is 19.6 Å². The van der Waals surface area contributed by atoms with Gasteiger partial charge in [0.15, 0.2) is 0 Å². The number of ether oxygens (including phenoxy) is 1. The molecule has 0 radical (unpaired) electrons. The zero-order valence-electron chi connectivity index (χ0n) is 11.6. The average molecular weight is 269 g/mol. The molecule has 0 aromatic heterocycles. The van der Waals surface area contributed by atoms with Crippen molar-refractivity contribution in [3.8, 4) is 5.75 Å². The number of aliphatic hydroxyl groups is 1. The van der Waals surface area contributed by atoms with E-state index in [1.165, 1.54) is 11.1 Å². The number of rotatable bonds is 4.